The summed E-state index contributed by atoms with van der Waals surface area (Å²) in [6.45, 7) is -0.0692. The zero-order chi connectivity index (χ0) is 17.6. The summed E-state index contributed by atoms with van der Waals surface area (Å²) in [5, 5.41) is 14.9. The average molecular weight is 339 g/mol. The molecule has 0 atom stereocenters. The molecule has 1 aromatic heterocycles. The van der Waals surface area contributed by atoms with Crippen molar-refractivity contribution in [2.75, 3.05) is 19.5 Å². The highest BCUT2D eigenvalue weighted by Crippen LogP contribution is 2.26. The predicted octanol–water partition coefficient (Wildman–Crippen LogP) is 2.00. The molecule has 0 bridgehead atoms. The fraction of sp³-hybridized carbons (Fsp3) is 0.176. The van der Waals surface area contributed by atoms with Gasteiger partial charge in [0.05, 0.1) is 25.5 Å². The second kappa shape index (κ2) is 7.43. The van der Waals surface area contributed by atoms with Crippen LogP contribution < -0.4 is 14.8 Å². The Kier molecular flexibility index (Phi) is 4.89. The SMILES string of the molecule is COc1ccccc1NC(=O)Cn1nnc(-c2ccccc2OC)n1. The molecule has 1 amide bonds. The largest absolute Gasteiger partial charge is 0.496 e. The Morgan fingerprint density at radius 1 is 1.04 bits per heavy atom. The minimum atomic E-state index is -0.284. The maximum absolute atomic E-state index is 12.2. The molecule has 0 fully saturated rings. The van der Waals surface area contributed by atoms with E-state index in [1.165, 1.54) is 4.80 Å². The highest BCUT2D eigenvalue weighted by atomic mass is 16.5. The molecule has 0 saturated carbocycles. The van der Waals surface area contributed by atoms with Crippen molar-refractivity contribution in [1.82, 2.24) is 20.2 Å². The van der Waals surface area contributed by atoms with Gasteiger partial charge in [-0.15, -0.1) is 10.2 Å². The highest BCUT2D eigenvalue weighted by molar-refractivity contribution is 5.92. The van der Waals surface area contributed by atoms with Gasteiger partial charge in [0.15, 0.2) is 0 Å². The van der Waals surface area contributed by atoms with Crippen molar-refractivity contribution in [1.29, 1.82) is 0 Å². The van der Waals surface area contributed by atoms with Gasteiger partial charge in [0.1, 0.15) is 18.0 Å². The third kappa shape index (κ3) is 3.74. The summed E-state index contributed by atoms with van der Waals surface area (Å²) in [4.78, 5) is 13.4. The lowest BCUT2D eigenvalue weighted by molar-refractivity contribution is -0.117. The van der Waals surface area contributed by atoms with Gasteiger partial charge in [0, 0.05) is 0 Å². The number of hydrogen-bond acceptors (Lipinski definition) is 6. The normalized spacial score (nSPS) is 10.3. The molecule has 8 heteroatoms. The number of tetrazole rings is 1. The van der Waals surface area contributed by atoms with Crippen molar-refractivity contribution in [2.24, 2.45) is 0 Å². The fourth-order valence-electron chi connectivity index (χ4n) is 2.31. The zero-order valence-corrected chi connectivity index (χ0v) is 13.8. The lowest BCUT2D eigenvalue weighted by atomic mass is 10.2. The smallest absolute Gasteiger partial charge is 0.248 e. The van der Waals surface area contributed by atoms with E-state index in [1.807, 2.05) is 36.4 Å². The van der Waals surface area contributed by atoms with E-state index in [1.54, 1.807) is 26.4 Å². The first-order valence-corrected chi connectivity index (χ1v) is 7.55. The van der Waals surface area contributed by atoms with Gasteiger partial charge in [0.25, 0.3) is 0 Å². The predicted molar refractivity (Wildman–Crippen MR) is 91.4 cm³/mol. The lowest BCUT2D eigenvalue weighted by Crippen LogP contribution is -2.20. The minimum absolute atomic E-state index is 0.0692. The average Bonchev–Trinajstić information content (AvgIpc) is 3.10. The Hall–Kier alpha value is -3.42. The number of benzene rings is 2. The van der Waals surface area contributed by atoms with E-state index in [0.717, 1.165) is 0 Å². The first kappa shape index (κ1) is 16.4. The first-order chi connectivity index (χ1) is 12.2. The summed E-state index contributed by atoms with van der Waals surface area (Å²) in [6.07, 6.45) is 0. The molecule has 3 aromatic rings. The van der Waals surface area contributed by atoms with Gasteiger partial charge in [-0.2, -0.15) is 4.80 Å². The highest BCUT2D eigenvalue weighted by Gasteiger charge is 2.13. The van der Waals surface area contributed by atoms with Crippen LogP contribution in [0.15, 0.2) is 48.5 Å². The Balaban J connectivity index is 1.72. The van der Waals surface area contributed by atoms with Gasteiger partial charge in [-0.1, -0.05) is 24.3 Å². The molecule has 1 N–H and O–H groups in total. The standard InChI is InChI=1S/C17H17N5O3/c1-24-14-9-5-3-7-12(14)17-19-21-22(20-17)11-16(23)18-13-8-4-6-10-15(13)25-2/h3-10H,11H2,1-2H3,(H,18,23). The molecule has 25 heavy (non-hydrogen) atoms. The van der Waals surface area contributed by atoms with E-state index in [0.29, 0.717) is 28.6 Å². The van der Waals surface area contributed by atoms with Crippen molar-refractivity contribution in [2.45, 2.75) is 6.54 Å². The van der Waals surface area contributed by atoms with E-state index >= 15 is 0 Å². The van der Waals surface area contributed by atoms with Crippen LogP contribution in [0, 0.1) is 0 Å². The molecule has 0 spiro atoms. The molecule has 0 unspecified atom stereocenters. The molecule has 128 valence electrons. The van der Waals surface area contributed by atoms with Gasteiger partial charge in [-0.25, -0.2) is 0 Å². The Labute approximate surface area is 144 Å². The van der Waals surface area contributed by atoms with Crippen LogP contribution in [0.25, 0.3) is 11.4 Å². The Morgan fingerprint density at radius 3 is 2.48 bits per heavy atom. The molecule has 0 radical (unpaired) electrons. The molecule has 0 aliphatic carbocycles. The third-order valence-electron chi connectivity index (χ3n) is 3.47. The summed E-state index contributed by atoms with van der Waals surface area (Å²) in [5.41, 5.74) is 1.29. The number of nitrogens with zero attached hydrogens (tertiary/aromatic N) is 4. The maximum Gasteiger partial charge on any atom is 0.248 e. The second-order valence-corrected chi connectivity index (χ2v) is 5.09. The summed E-state index contributed by atoms with van der Waals surface area (Å²) in [5.74, 6) is 1.33. The van der Waals surface area contributed by atoms with E-state index in [4.69, 9.17) is 9.47 Å². The molecule has 3 rings (SSSR count). The van der Waals surface area contributed by atoms with E-state index in [2.05, 4.69) is 20.7 Å². The number of rotatable bonds is 6. The van der Waals surface area contributed by atoms with Gasteiger partial charge in [0.2, 0.25) is 11.7 Å². The van der Waals surface area contributed by atoms with Crippen molar-refractivity contribution in [3.63, 3.8) is 0 Å². The lowest BCUT2D eigenvalue weighted by Gasteiger charge is -2.09. The fourth-order valence-corrected chi connectivity index (χ4v) is 2.31. The zero-order valence-electron chi connectivity index (χ0n) is 13.8. The van der Waals surface area contributed by atoms with Gasteiger partial charge in [-0.05, 0) is 29.5 Å². The van der Waals surface area contributed by atoms with Crippen LogP contribution in [-0.4, -0.2) is 40.3 Å². The number of hydrogen-bond donors (Lipinski definition) is 1. The second-order valence-electron chi connectivity index (χ2n) is 5.09. The third-order valence-corrected chi connectivity index (χ3v) is 3.47. The van der Waals surface area contributed by atoms with Crippen LogP contribution in [0.3, 0.4) is 0 Å². The van der Waals surface area contributed by atoms with Crippen LogP contribution in [0.4, 0.5) is 5.69 Å². The monoisotopic (exact) mass is 339 g/mol. The minimum Gasteiger partial charge on any atom is -0.496 e. The number of nitrogens with one attached hydrogen (secondary N) is 1. The first-order valence-electron chi connectivity index (χ1n) is 7.55. The Bertz CT molecular complexity index is 878. The van der Waals surface area contributed by atoms with Crippen molar-refractivity contribution in [3.8, 4) is 22.9 Å². The number of amides is 1. The van der Waals surface area contributed by atoms with Crippen LogP contribution >= 0.6 is 0 Å². The van der Waals surface area contributed by atoms with Crippen molar-refractivity contribution >= 4 is 11.6 Å². The molecule has 0 aliphatic rings. The number of para-hydroxylation sites is 3. The molecule has 2 aromatic carbocycles. The van der Waals surface area contributed by atoms with E-state index < -0.39 is 0 Å². The quantitative estimate of drug-likeness (QED) is 0.738. The molecule has 0 saturated heterocycles. The van der Waals surface area contributed by atoms with E-state index in [9.17, 15) is 4.79 Å². The van der Waals surface area contributed by atoms with Crippen LogP contribution in [0.1, 0.15) is 0 Å². The number of ether oxygens (including phenoxy) is 2. The molecular formula is C17H17N5O3. The number of carbonyl (C=O) groups excluding carboxylic acids is 1. The number of anilines is 1. The van der Waals surface area contributed by atoms with Gasteiger partial charge >= 0.3 is 0 Å². The van der Waals surface area contributed by atoms with Crippen molar-refractivity contribution in [3.05, 3.63) is 48.5 Å². The van der Waals surface area contributed by atoms with Crippen LogP contribution in [0.5, 0.6) is 11.5 Å². The Morgan fingerprint density at radius 2 is 1.72 bits per heavy atom. The van der Waals surface area contributed by atoms with Crippen molar-refractivity contribution < 1.29 is 14.3 Å². The molecule has 1 heterocycles. The number of methoxy groups -OCH3 is 2. The summed E-state index contributed by atoms with van der Waals surface area (Å²) >= 11 is 0. The summed E-state index contributed by atoms with van der Waals surface area (Å²) in [7, 11) is 3.12. The molecule has 8 nitrogen and oxygen atoms in total. The van der Waals surface area contributed by atoms with Gasteiger partial charge < -0.3 is 14.8 Å². The maximum atomic E-state index is 12.2. The summed E-state index contributed by atoms with van der Waals surface area (Å²) < 4.78 is 10.5. The van der Waals surface area contributed by atoms with Crippen LogP contribution in [-0.2, 0) is 11.3 Å². The van der Waals surface area contributed by atoms with E-state index in [-0.39, 0.29) is 12.5 Å². The number of aromatic nitrogens is 4. The molecular weight excluding hydrogens is 322 g/mol. The number of carbonyl (C=O) groups is 1. The topological polar surface area (TPSA) is 91.2 Å². The van der Waals surface area contributed by atoms with Gasteiger partial charge in [-0.3, -0.25) is 4.79 Å². The van der Waals surface area contributed by atoms with Crippen LogP contribution in [0.2, 0.25) is 0 Å². The summed E-state index contributed by atoms with van der Waals surface area (Å²) in [6, 6.07) is 14.5. The molecule has 0 aliphatic heterocycles.